The van der Waals surface area contributed by atoms with Gasteiger partial charge in [-0.3, -0.25) is 0 Å². The van der Waals surface area contributed by atoms with Gasteiger partial charge in [0.1, 0.15) is 6.61 Å². The first kappa shape index (κ1) is 37.2. The molecule has 1 aromatic heterocycles. The average molecular weight is 734 g/mol. The summed E-state index contributed by atoms with van der Waals surface area (Å²) in [5.74, 6) is 0. The van der Waals surface area contributed by atoms with Crippen molar-refractivity contribution in [3.8, 4) is 0 Å². The molecular formula is C38H51N7O4S2. The van der Waals surface area contributed by atoms with Crippen molar-refractivity contribution in [2.24, 2.45) is 0 Å². The zero-order valence-electron chi connectivity index (χ0n) is 30.4. The SMILES string of the molecule is CN(C)CCc1c[nH]c2ccc(C[C@H]3COC(=O)N3)cc12.CN1CCN(CCCN2c3ccccc3Sc3ccc(S(=O)(=O)N(C)C)cc32)CC1. The van der Waals surface area contributed by atoms with Gasteiger partial charge < -0.3 is 34.6 Å². The number of sulfonamides is 1. The van der Waals surface area contributed by atoms with Crippen molar-refractivity contribution in [3.05, 3.63) is 78.0 Å². The number of amides is 1. The molecule has 0 bridgehead atoms. The summed E-state index contributed by atoms with van der Waals surface area (Å²) in [6, 6.07) is 20.4. The number of para-hydroxylation sites is 1. The summed E-state index contributed by atoms with van der Waals surface area (Å²) in [7, 11) is 6.03. The average Bonchev–Trinajstić information content (AvgIpc) is 3.72. The number of cyclic esters (lactones) is 1. The van der Waals surface area contributed by atoms with Crippen molar-refractivity contribution >= 4 is 50.2 Å². The van der Waals surface area contributed by atoms with Crippen LogP contribution < -0.4 is 10.2 Å². The summed E-state index contributed by atoms with van der Waals surface area (Å²) in [4.78, 5) is 26.4. The van der Waals surface area contributed by atoms with E-state index in [0.29, 0.717) is 11.5 Å². The number of likely N-dealkylation sites (N-methyl/N-ethyl adjacent to an activating group) is 2. The topological polar surface area (TPSA) is 104 Å². The molecule has 3 aliphatic heterocycles. The third-order valence-electron chi connectivity index (χ3n) is 9.71. The lowest BCUT2D eigenvalue weighted by atomic mass is 10.0. The highest BCUT2D eigenvalue weighted by Crippen LogP contribution is 2.48. The van der Waals surface area contributed by atoms with Crippen molar-refractivity contribution < 1.29 is 17.9 Å². The molecule has 2 N–H and O–H groups in total. The molecule has 7 rings (SSSR count). The maximum Gasteiger partial charge on any atom is 0.407 e. The number of ether oxygens (including phenoxy) is 1. The molecule has 1 atom stereocenters. The van der Waals surface area contributed by atoms with Crippen molar-refractivity contribution in [1.82, 2.24) is 29.3 Å². The highest BCUT2D eigenvalue weighted by atomic mass is 32.2. The molecule has 13 heteroatoms. The number of aromatic nitrogens is 1. The van der Waals surface area contributed by atoms with Crippen LogP contribution in [0.15, 0.2) is 81.5 Å². The molecule has 1 amide bonds. The summed E-state index contributed by atoms with van der Waals surface area (Å²) >= 11 is 1.71. The minimum absolute atomic E-state index is 0.0825. The smallest absolute Gasteiger partial charge is 0.407 e. The van der Waals surface area contributed by atoms with Gasteiger partial charge in [0.05, 0.1) is 22.3 Å². The van der Waals surface area contributed by atoms with Crippen molar-refractivity contribution in [1.29, 1.82) is 0 Å². The quantitative estimate of drug-likeness (QED) is 0.218. The maximum absolute atomic E-state index is 12.7. The summed E-state index contributed by atoms with van der Waals surface area (Å²) in [5, 5.41) is 4.10. The van der Waals surface area contributed by atoms with Crippen LogP contribution in [0.4, 0.5) is 16.2 Å². The van der Waals surface area contributed by atoms with Crippen LogP contribution in [0.25, 0.3) is 10.9 Å². The van der Waals surface area contributed by atoms with E-state index in [4.69, 9.17) is 4.74 Å². The number of alkyl carbamates (subject to hydrolysis) is 1. The molecule has 11 nitrogen and oxygen atoms in total. The van der Waals surface area contributed by atoms with Gasteiger partial charge in [-0.15, -0.1) is 0 Å². The number of piperazine rings is 1. The van der Waals surface area contributed by atoms with Gasteiger partial charge in [-0.2, -0.15) is 0 Å². The number of H-pyrrole nitrogens is 1. The van der Waals surface area contributed by atoms with Gasteiger partial charge in [-0.25, -0.2) is 17.5 Å². The van der Waals surface area contributed by atoms with E-state index < -0.39 is 10.0 Å². The standard InChI is InChI=1S/C22H30N4O2S2.C16H21N3O2/c1-23(2)30(27,28)18-9-10-22-20(17-18)26(19-7-4-5-8-21(19)29-22)12-6-11-25-15-13-24(3)14-16-25;1-19(2)6-5-12-9-17-15-4-3-11(8-14(12)15)7-13-10-21-16(20)18-13/h4-5,7-10,17H,6,11-16H2,1-3H3;3-4,8-9,13,17H,5-7,10H2,1-2H3,(H,18,20)/t;13-/m.0/s1. The van der Waals surface area contributed by atoms with Crippen LogP contribution in [0, 0.1) is 0 Å². The molecule has 3 aromatic carbocycles. The van der Waals surface area contributed by atoms with E-state index in [1.54, 1.807) is 31.9 Å². The van der Waals surface area contributed by atoms with Crippen LogP contribution in [-0.4, -0.2) is 132 Å². The third kappa shape index (κ3) is 9.08. The van der Waals surface area contributed by atoms with Gasteiger partial charge in [-0.1, -0.05) is 30.0 Å². The molecule has 51 heavy (non-hydrogen) atoms. The van der Waals surface area contributed by atoms with Crippen molar-refractivity contribution in [3.63, 3.8) is 0 Å². The molecule has 0 radical (unpaired) electrons. The summed E-state index contributed by atoms with van der Waals surface area (Å²) in [6.07, 6.45) is 4.65. The summed E-state index contributed by atoms with van der Waals surface area (Å²) in [5.41, 5.74) is 5.88. The highest BCUT2D eigenvalue weighted by molar-refractivity contribution is 7.99. The van der Waals surface area contributed by atoms with E-state index in [2.05, 4.69) is 99.7 Å². The second-order valence-corrected chi connectivity index (χ2v) is 17.3. The van der Waals surface area contributed by atoms with Crippen LogP contribution in [0.2, 0.25) is 0 Å². The largest absolute Gasteiger partial charge is 0.447 e. The number of nitrogens with one attached hydrogen (secondary N) is 2. The molecule has 0 unspecified atom stereocenters. The lowest BCUT2D eigenvalue weighted by Crippen LogP contribution is -2.45. The van der Waals surface area contributed by atoms with E-state index in [-0.39, 0.29) is 12.1 Å². The number of benzene rings is 3. The normalized spacial score (nSPS) is 18.0. The fourth-order valence-corrected chi connectivity index (χ4v) is 8.67. The molecule has 2 fully saturated rings. The molecule has 0 spiro atoms. The Bertz CT molecular complexity index is 1920. The van der Waals surface area contributed by atoms with Gasteiger partial charge in [0.15, 0.2) is 0 Å². The molecule has 3 aliphatic rings. The summed E-state index contributed by atoms with van der Waals surface area (Å²) < 4.78 is 31.6. The van der Waals surface area contributed by atoms with Gasteiger partial charge >= 0.3 is 6.09 Å². The van der Waals surface area contributed by atoms with Gasteiger partial charge in [-0.05, 0) is 101 Å². The molecule has 0 aliphatic carbocycles. The monoisotopic (exact) mass is 733 g/mol. The fourth-order valence-electron chi connectivity index (χ4n) is 6.67. The number of carbonyl (C=O) groups is 1. The van der Waals surface area contributed by atoms with Crippen molar-refractivity contribution in [2.75, 3.05) is 92.6 Å². The Morgan fingerprint density at radius 3 is 2.41 bits per heavy atom. The van der Waals surface area contributed by atoms with E-state index in [0.717, 1.165) is 81.3 Å². The Hall–Kier alpha value is -3.59. The zero-order valence-corrected chi connectivity index (χ0v) is 32.0. The second-order valence-electron chi connectivity index (χ2n) is 14.0. The molecule has 4 aromatic rings. The zero-order chi connectivity index (χ0) is 36.1. The van der Waals surface area contributed by atoms with E-state index in [1.807, 2.05) is 12.1 Å². The maximum atomic E-state index is 12.7. The Morgan fingerprint density at radius 2 is 1.69 bits per heavy atom. The van der Waals surface area contributed by atoms with E-state index in [1.165, 1.54) is 31.2 Å². The van der Waals surface area contributed by atoms with E-state index >= 15 is 0 Å². The van der Waals surface area contributed by atoms with E-state index in [9.17, 15) is 13.2 Å². The highest BCUT2D eigenvalue weighted by Gasteiger charge is 2.27. The molecule has 274 valence electrons. The molecular weight excluding hydrogens is 683 g/mol. The number of aromatic amines is 1. The van der Waals surface area contributed by atoms with Crippen molar-refractivity contribution in [2.45, 2.75) is 40.0 Å². The lowest BCUT2D eigenvalue weighted by Gasteiger charge is -2.35. The molecule has 4 heterocycles. The number of rotatable bonds is 11. The Labute approximate surface area is 307 Å². The van der Waals surface area contributed by atoms with Gasteiger partial charge in [0.25, 0.3) is 0 Å². The first-order valence-electron chi connectivity index (χ1n) is 17.7. The molecule has 2 saturated heterocycles. The number of hydrogen-bond acceptors (Lipinski definition) is 9. The van der Waals surface area contributed by atoms with Gasteiger partial charge in [0.2, 0.25) is 10.0 Å². The minimum Gasteiger partial charge on any atom is -0.447 e. The summed E-state index contributed by atoms with van der Waals surface area (Å²) in [6.45, 7) is 7.89. The Kier molecular flexibility index (Phi) is 11.9. The Balaban J connectivity index is 0.000000187. The lowest BCUT2D eigenvalue weighted by molar-refractivity contribution is 0.153. The van der Waals surface area contributed by atoms with Crippen LogP contribution in [-0.2, 0) is 27.6 Å². The van der Waals surface area contributed by atoms with Crippen LogP contribution in [0.1, 0.15) is 17.5 Å². The van der Waals surface area contributed by atoms with Gasteiger partial charge in [0, 0.05) is 80.3 Å². The number of nitrogens with zero attached hydrogens (tertiary/aromatic N) is 5. The van der Waals surface area contributed by atoms with Crippen LogP contribution in [0.5, 0.6) is 0 Å². The number of fused-ring (bicyclic) bond motifs is 3. The predicted molar refractivity (Wildman–Crippen MR) is 206 cm³/mol. The first-order chi connectivity index (χ1) is 24.5. The number of anilines is 2. The fraction of sp³-hybridized carbons (Fsp3) is 0.447. The Morgan fingerprint density at radius 1 is 0.922 bits per heavy atom. The first-order valence-corrected chi connectivity index (χ1v) is 19.9. The molecule has 0 saturated carbocycles. The van der Waals surface area contributed by atoms with Crippen LogP contribution >= 0.6 is 11.8 Å². The predicted octanol–water partition coefficient (Wildman–Crippen LogP) is 5.10. The minimum atomic E-state index is -3.47. The van der Waals surface area contributed by atoms with Crippen LogP contribution in [0.3, 0.4) is 0 Å². The number of hydrogen-bond donors (Lipinski definition) is 2. The second kappa shape index (κ2) is 16.4. The third-order valence-corrected chi connectivity index (χ3v) is 12.6. The number of carbonyl (C=O) groups excluding carboxylic acids is 1.